The van der Waals surface area contributed by atoms with Crippen LogP contribution in [0.25, 0.3) is 0 Å². The van der Waals surface area contributed by atoms with Gasteiger partial charge in [0, 0.05) is 18.8 Å². The third-order valence-corrected chi connectivity index (χ3v) is 6.23. The fourth-order valence-corrected chi connectivity index (χ4v) is 4.50. The van der Waals surface area contributed by atoms with E-state index in [9.17, 15) is 17.6 Å². The second-order valence-electron chi connectivity index (χ2n) is 6.23. The number of ether oxygens (including phenoxy) is 2. The number of amides is 1. The van der Waals surface area contributed by atoms with Crippen molar-refractivity contribution in [2.75, 3.05) is 38.7 Å². The van der Waals surface area contributed by atoms with Gasteiger partial charge < -0.3 is 14.8 Å². The highest BCUT2D eigenvalue weighted by Crippen LogP contribution is 2.28. The van der Waals surface area contributed by atoms with Crippen molar-refractivity contribution in [2.45, 2.75) is 11.3 Å². The number of halogens is 1. The lowest BCUT2D eigenvalue weighted by atomic mass is 10.1. The largest absolute Gasteiger partial charge is 0.495 e. The van der Waals surface area contributed by atoms with Gasteiger partial charge >= 0.3 is 0 Å². The predicted molar refractivity (Wildman–Crippen MR) is 101 cm³/mol. The number of anilines is 1. The number of hydrogen-bond acceptors (Lipinski definition) is 5. The Morgan fingerprint density at radius 3 is 2.50 bits per heavy atom. The van der Waals surface area contributed by atoms with Crippen molar-refractivity contribution in [1.29, 1.82) is 0 Å². The van der Waals surface area contributed by atoms with E-state index in [-0.39, 0.29) is 36.1 Å². The molecule has 1 saturated heterocycles. The quantitative estimate of drug-likeness (QED) is 0.791. The van der Waals surface area contributed by atoms with E-state index >= 15 is 0 Å². The van der Waals surface area contributed by atoms with Crippen molar-refractivity contribution in [3.05, 3.63) is 53.8 Å². The van der Waals surface area contributed by atoms with Gasteiger partial charge in [0.15, 0.2) is 0 Å². The van der Waals surface area contributed by atoms with Crippen LogP contribution < -0.4 is 10.1 Å². The maximum absolute atomic E-state index is 13.0. The molecule has 1 amide bonds. The summed E-state index contributed by atoms with van der Waals surface area (Å²) in [6.07, 6.45) is -0.0347. The van der Waals surface area contributed by atoms with Gasteiger partial charge in [-0.05, 0) is 42.0 Å². The molecule has 7 nitrogen and oxygen atoms in total. The average Bonchev–Trinajstić information content (AvgIpc) is 2.70. The number of benzene rings is 2. The zero-order valence-electron chi connectivity index (χ0n) is 15.4. The molecule has 1 N–H and O–H groups in total. The fraction of sp³-hybridized carbons (Fsp3) is 0.316. The summed E-state index contributed by atoms with van der Waals surface area (Å²) >= 11 is 0. The lowest BCUT2D eigenvalue weighted by Gasteiger charge is -2.26. The van der Waals surface area contributed by atoms with Crippen LogP contribution in [0, 0.1) is 5.82 Å². The molecule has 1 aliphatic heterocycles. The number of rotatable bonds is 6. The van der Waals surface area contributed by atoms with Crippen molar-refractivity contribution in [3.8, 4) is 5.75 Å². The molecule has 0 aromatic heterocycles. The highest BCUT2D eigenvalue weighted by atomic mass is 32.2. The molecule has 1 aliphatic rings. The first kappa shape index (κ1) is 20.2. The normalized spacial score (nSPS) is 15.2. The predicted octanol–water partition coefficient (Wildman–Crippen LogP) is 2.04. The van der Waals surface area contributed by atoms with Crippen LogP contribution >= 0.6 is 0 Å². The molecule has 1 heterocycles. The molecule has 0 saturated carbocycles. The van der Waals surface area contributed by atoms with E-state index in [0.29, 0.717) is 24.5 Å². The van der Waals surface area contributed by atoms with Gasteiger partial charge in [0.05, 0.1) is 26.7 Å². The van der Waals surface area contributed by atoms with E-state index in [1.54, 1.807) is 6.07 Å². The van der Waals surface area contributed by atoms with Crippen LogP contribution in [0.3, 0.4) is 0 Å². The number of methoxy groups -OCH3 is 1. The van der Waals surface area contributed by atoms with Crippen LogP contribution in [0.1, 0.15) is 5.56 Å². The molecule has 0 aliphatic carbocycles. The molecule has 3 rings (SSSR count). The Balaban J connectivity index is 1.80. The summed E-state index contributed by atoms with van der Waals surface area (Å²) in [6, 6.07) is 10.0. The number of carbonyl (C=O) groups excluding carboxylic acids is 1. The van der Waals surface area contributed by atoms with E-state index < -0.39 is 15.8 Å². The highest BCUT2D eigenvalue weighted by Gasteiger charge is 2.29. The van der Waals surface area contributed by atoms with E-state index in [1.165, 1.54) is 47.8 Å². The lowest BCUT2D eigenvalue weighted by molar-refractivity contribution is -0.115. The van der Waals surface area contributed by atoms with Crippen molar-refractivity contribution in [3.63, 3.8) is 0 Å². The Morgan fingerprint density at radius 1 is 1.18 bits per heavy atom. The van der Waals surface area contributed by atoms with Crippen LogP contribution in [0.2, 0.25) is 0 Å². The number of nitrogens with zero attached hydrogens (tertiary/aromatic N) is 1. The lowest BCUT2D eigenvalue weighted by Crippen LogP contribution is -2.40. The number of sulfonamides is 1. The van der Waals surface area contributed by atoms with Gasteiger partial charge in [-0.1, -0.05) is 6.07 Å². The first-order valence-corrected chi connectivity index (χ1v) is 10.1. The Hall–Kier alpha value is -2.49. The highest BCUT2D eigenvalue weighted by molar-refractivity contribution is 7.89. The third-order valence-electron chi connectivity index (χ3n) is 4.31. The summed E-state index contributed by atoms with van der Waals surface area (Å²) in [4.78, 5) is 12.3. The standard InChI is InChI=1S/C19H21FN2O5S/c1-26-17-7-2-14(13-19(23)21-16-5-3-15(20)4-6-16)12-18(17)28(24,25)22-8-10-27-11-9-22/h2-7,12H,8-11,13H2,1H3,(H,21,23). The zero-order chi connectivity index (χ0) is 20.1. The first-order valence-electron chi connectivity index (χ1n) is 8.70. The maximum Gasteiger partial charge on any atom is 0.246 e. The topological polar surface area (TPSA) is 84.9 Å². The van der Waals surface area contributed by atoms with E-state index in [4.69, 9.17) is 9.47 Å². The summed E-state index contributed by atoms with van der Waals surface area (Å²) in [7, 11) is -2.37. The van der Waals surface area contributed by atoms with Gasteiger partial charge in [-0.15, -0.1) is 0 Å². The zero-order valence-corrected chi connectivity index (χ0v) is 16.2. The van der Waals surface area contributed by atoms with Crippen molar-refractivity contribution < 1.29 is 27.1 Å². The Bertz CT molecular complexity index is 941. The average molecular weight is 408 g/mol. The van der Waals surface area contributed by atoms with Crippen LogP contribution in [0.4, 0.5) is 10.1 Å². The van der Waals surface area contributed by atoms with E-state index in [1.807, 2.05) is 0 Å². The number of hydrogen-bond donors (Lipinski definition) is 1. The summed E-state index contributed by atoms with van der Waals surface area (Å²) in [5.74, 6) is -0.521. The van der Waals surface area contributed by atoms with Crippen LogP contribution in [-0.2, 0) is 26.0 Å². The van der Waals surface area contributed by atoms with Crippen molar-refractivity contribution >= 4 is 21.6 Å². The van der Waals surface area contributed by atoms with Crippen LogP contribution in [0.5, 0.6) is 5.75 Å². The molecular weight excluding hydrogens is 387 g/mol. The Kier molecular flexibility index (Phi) is 6.28. The van der Waals surface area contributed by atoms with Crippen LogP contribution in [0.15, 0.2) is 47.4 Å². The second-order valence-corrected chi connectivity index (χ2v) is 8.14. The molecule has 150 valence electrons. The van der Waals surface area contributed by atoms with Gasteiger partial charge in [0.2, 0.25) is 15.9 Å². The fourth-order valence-electron chi connectivity index (χ4n) is 2.88. The van der Waals surface area contributed by atoms with Crippen molar-refractivity contribution in [1.82, 2.24) is 4.31 Å². The maximum atomic E-state index is 13.0. The molecule has 28 heavy (non-hydrogen) atoms. The molecular formula is C19H21FN2O5S. The molecule has 0 spiro atoms. The van der Waals surface area contributed by atoms with Gasteiger partial charge in [-0.3, -0.25) is 4.79 Å². The second kappa shape index (κ2) is 8.68. The molecule has 1 fully saturated rings. The van der Waals surface area contributed by atoms with Gasteiger partial charge in [-0.2, -0.15) is 4.31 Å². The molecule has 0 radical (unpaired) electrons. The minimum Gasteiger partial charge on any atom is -0.495 e. The molecule has 0 atom stereocenters. The molecule has 0 bridgehead atoms. The summed E-state index contributed by atoms with van der Waals surface area (Å²) in [5, 5.41) is 2.65. The SMILES string of the molecule is COc1ccc(CC(=O)Nc2ccc(F)cc2)cc1S(=O)(=O)N1CCOCC1. The molecule has 9 heteroatoms. The minimum absolute atomic E-state index is 0.0176. The first-order chi connectivity index (χ1) is 13.4. The summed E-state index contributed by atoms with van der Waals surface area (Å²) in [5.41, 5.74) is 0.980. The molecule has 2 aromatic rings. The van der Waals surface area contributed by atoms with Gasteiger partial charge in [0.25, 0.3) is 0 Å². The Labute approximate surface area is 163 Å². The molecule has 0 unspecified atom stereocenters. The van der Waals surface area contributed by atoms with Crippen molar-refractivity contribution in [2.24, 2.45) is 0 Å². The van der Waals surface area contributed by atoms with E-state index in [2.05, 4.69) is 5.32 Å². The minimum atomic E-state index is -3.77. The Morgan fingerprint density at radius 2 is 1.86 bits per heavy atom. The van der Waals surface area contributed by atoms with E-state index in [0.717, 1.165) is 0 Å². The number of nitrogens with one attached hydrogen (secondary N) is 1. The number of carbonyl (C=O) groups is 1. The monoisotopic (exact) mass is 408 g/mol. The summed E-state index contributed by atoms with van der Waals surface area (Å²) in [6.45, 7) is 1.20. The van der Waals surface area contributed by atoms with Crippen LogP contribution in [-0.4, -0.2) is 52.0 Å². The van der Waals surface area contributed by atoms with Gasteiger partial charge in [-0.25, -0.2) is 12.8 Å². The summed E-state index contributed by atoms with van der Waals surface area (Å²) < 4.78 is 50.7. The third kappa shape index (κ3) is 4.67. The van der Waals surface area contributed by atoms with Gasteiger partial charge in [0.1, 0.15) is 16.5 Å². The number of morpholine rings is 1. The smallest absolute Gasteiger partial charge is 0.246 e. The molecule has 2 aromatic carbocycles.